The summed E-state index contributed by atoms with van der Waals surface area (Å²) in [7, 11) is -4.62. The second kappa shape index (κ2) is 13.2. The van der Waals surface area contributed by atoms with Crippen LogP contribution in [-0.2, 0) is 0 Å². The maximum atomic E-state index is 4.40. The zero-order chi connectivity index (χ0) is 39.0. The molecule has 0 amide bonds. The molecule has 0 aromatic heterocycles. The lowest BCUT2D eigenvalue weighted by atomic mass is 9.77. The second-order valence-corrected chi connectivity index (χ2v) is 27.5. The molecule has 0 unspecified atom stereocenters. The van der Waals surface area contributed by atoms with E-state index in [2.05, 4.69) is 212 Å². The molecule has 0 radical (unpaired) electrons. The monoisotopic (exact) mass is 756 g/mol. The van der Waals surface area contributed by atoms with Crippen LogP contribution in [0.3, 0.4) is 0 Å². The minimum absolute atomic E-state index is 0.118. The molecule has 2 heteroatoms. The van der Waals surface area contributed by atoms with Gasteiger partial charge in [0.05, 0.1) is 0 Å². The number of allylic oxidation sites excluding steroid dienone is 6. The summed E-state index contributed by atoms with van der Waals surface area (Å²) in [5, 5.41) is 9.40. The normalized spacial score (nSPS) is 20.6. The molecule has 0 N–H and O–H groups in total. The summed E-state index contributed by atoms with van der Waals surface area (Å²) in [6.45, 7) is 23.4. The molecule has 0 fully saturated rings. The standard InChI is InChI=1S/2C27H26Si/c2*1-19-18-23-21-14-8-10-16-24(21)28(27(2,3)4,20-12-6-5-7-13-20)25-17-11-9-15-22(25)26(19)23/h2*5-17H,1,18H2,2-4H3/t2*28-/m10/s1. The maximum Gasteiger partial charge on any atom is 0.155 e. The Labute approximate surface area is 336 Å². The van der Waals surface area contributed by atoms with Crippen molar-refractivity contribution < 1.29 is 0 Å². The molecule has 0 saturated carbocycles. The Bertz CT molecular complexity index is 2440. The van der Waals surface area contributed by atoms with Crippen molar-refractivity contribution in [1.29, 1.82) is 0 Å². The minimum atomic E-state index is -2.31. The summed E-state index contributed by atoms with van der Waals surface area (Å²) in [6.07, 6.45) is 2.01. The predicted molar refractivity (Wildman–Crippen MR) is 249 cm³/mol. The first-order valence-electron chi connectivity index (χ1n) is 20.3. The molecular formula is C54H52Si2. The average Bonchev–Trinajstić information content (AvgIpc) is 3.33. The zero-order valence-corrected chi connectivity index (χ0v) is 35.8. The van der Waals surface area contributed by atoms with Gasteiger partial charge in [0, 0.05) is 0 Å². The van der Waals surface area contributed by atoms with E-state index in [1.54, 1.807) is 10.4 Å². The lowest BCUT2D eigenvalue weighted by Crippen LogP contribution is -2.73. The Morgan fingerprint density at radius 2 is 0.625 bits per heavy atom. The topological polar surface area (TPSA) is 0 Å². The summed E-state index contributed by atoms with van der Waals surface area (Å²) in [5.74, 6) is 0. The van der Waals surface area contributed by atoms with Gasteiger partial charge in [-0.3, -0.25) is 0 Å². The van der Waals surface area contributed by atoms with E-state index in [1.165, 1.54) is 76.4 Å². The van der Waals surface area contributed by atoms with Crippen LogP contribution in [0.2, 0.25) is 10.1 Å². The fourth-order valence-corrected chi connectivity index (χ4v) is 23.2. The van der Waals surface area contributed by atoms with Gasteiger partial charge in [0.25, 0.3) is 0 Å². The van der Waals surface area contributed by atoms with Crippen molar-refractivity contribution in [2.45, 2.75) is 64.5 Å². The van der Waals surface area contributed by atoms with Gasteiger partial charge in [0.2, 0.25) is 0 Å². The van der Waals surface area contributed by atoms with Crippen molar-refractivity contribution >= 4 is 69.6 Å². The molecule has 0 bridgehead atoms. The van der Waals surface area contributed by atoms with Crippen LogP contribution in [0.5, 0.6) is 0 Å². The number of fused-ring (bicyclic) bond motifs is 8. The van der Waals surface area contributed by atoms with Crippen molar-refractivity contribution in [2.24, 2.45) is 0 Å². The molecule has 6 aromatic carbocycles. The first kappa shape index (κ1) is 36.4. The van der Waals surface area contributed by atoms with Crippen molar-refractivity contribution in [1.82, 2.24) is 0 Å². The van der Waals surface area contributed by atoms with Gasteiger partial charge in [0.15, 0.2) is 16.1 Å². The van der Waals surface area contributed by atoms with Crippen molar-refractivity contribution in [3.8, 4) is 0 Å². The fourth-order valence-electron chi connectivity index (χ4n) is 11.1. The van der Waals surface area contributed by atoms with E-state index in [0.29, 0.717) is 0 Å². The molecular weight excluding hydrogens is 705 g/mol. The molecule has 2 aliphatic heterocycles. The Hall–Kier alpha value is -5.29. The zero-order valence-electron chi connectivity index (χ0n) is 33.8. The third-order valence-electron chi connectivity index (χ3n) is 13.3. The minimum Gasteiger partial charge on any atom is -0.0949 e. The largest absolute Gasteiger partial charge is 0.155 e. The molecule has 56 heavy (non-hydrogen) atoms. The van der Waals surface area contributed by atoms with E-state index in [4.69, 9.17) is 0 Å². The summed E-state index contributed by atoms with van der Waals surface area (Å²) in [4.78, 5) is 0. The van der Waals surface area contributed by atoms with Crippen LogP contribution in [0, 0.1) is 0 Å². The smallest absolute Gasteiger partial charge is 0.0949 e. The number of rotatable bonds is 2. The van der Waals surface area contributed by atoms with E-state index >= 15 is 0 Å². The van der Waals surface area contributed by atoms with Crippen LogP contribution in [0.15, 0.2) is 182 Å². The van der Waals surface area contributed by atoms with Gasteiger partial charge in [0.1, 0.15) is 0 Å². The van der Waals surface area contributed by atoms with Crippen molar-refractivity contribution in [2.75, 3.05) is 0 Å². The molecule has 2 atom stereocenters. The highest BCUT2D eigenvalue weighted by molar-refractivity contribution is 7.15. The van der Waals surface area contributed by atoms with Crippen LogP contribution in [-0.4, -0.2) is 16.1 Å². The molecule has 0 saturated heterocycles. The second-order valence-electron chi connectivity index (χ2n) is 18.2. The maximum absolute atomic E-state index is 4.40. The molecule has 6 aromatic rings. The van der Waals surface area contributed by atoms with E-state index in [-0.39, 0.29) is 10.1 Å². The van der Waals surface area contributed by atoms with Gasteiger partial charge in [-0.15, -0.1) is 0 Å². The summed E-state index contributed by atoms with van der Waals surface area (Å²) >= 11 is 0. The van der Waals surface area contributed by atoms with Gasteiger partial charge in [-0.05, 0) is 110 Å². The SMILES string of the molecule is C=C1CC2=C1c1ccccc1[Si@@](c1ccccc1)(C(C)(C)C)c1ccccc12.C=C1CC2=C1c1ccccc1[Si@](c1ccccc1)(C(C)(C)C)c1ccccc12. The highest BCUT2D eigenvalue weighted by atomic mass is 28.3. The van der Waals surface area contributed by atoms with Crippen LogP contribution in [0.1, 0.15) is 76.6 Å². The van der Waals surface area contributed by atoms with E-state index in [1.807, 2.05) is 0 Å². The predicted octanol–water partition coefficient (Wildman–Crippen LogP) is 10.3. The number of benzene rings is 6. The summed E-state index contributed by atoms with van der Waals surface area (Å²) in [5.41, 5.74) is 14.1. The van der Waals surface area contributed by atoms with E-state index in [9.17, 15) is 0 Å². The molecule has 4 aliphatic rings. The van der Waals surface area contributed by atoms with E-state index < -0.39 is 16.1 Å². The Kier molecular flexibility index (Phi) is 8.54. The fraction of sp³-hybridized carbons (Fsp3) is 0.185. The highest BCUT2D eigenvalue weighted by Gasteiger charge is 2.55. The van der Waals surface area contributed by atoms with Gasteiger partial charge >= 0.3 is 0 Å². The Morgan fingerprint density at radius 3 is 0.929 bits per heavy atom. The summed E-state index contributed by atoms with van der Waals surface area (Å²) < 4.78 is 0. The average molecular weight is 757 g/mol. The quantitative estimate of drug-likeness (QED) is 0.154. The van der Waals surface area contributed by atoms with Crippen LogP contribution in [0.4, 0.5) is 0 Å². The molecule has 276 valence electrons. The van der Waals surface area contributed by atoms with Gasteiger partial charge in [-0.1, -0.05) is 212 Å². The van der Waals surface area contributed by atoms with Gasteiger partial charge in [-0.25, -0.2) is 0 Å². The third kappa shape index (κ3) is 5.01. The first-order valence-corrected chi connectivity index (χ1v) is 24.3. The molecule has 2 aliphatic carbocycles. The first-order chi connectivity index (χ1) is 26.9. The van der Waals surface area contributed by atoms with Crippen LogP contribution >= 0.6 is 0 Å². The molecule has 10 rings (SSSR count). The third-order valence-corrected chi connectivity index (χ3v) is 25.1. The number of hydrogen-bond donors (Lipinski definition) is 0. The summed E-state index contributed by atoms with van der Waals surface area (Å²) in [6, 6.07) is 59.2. The lowest BCUT2D eigenvalue weighted by Gasteiger charge is -2.45. The van der Waals surface area contributed by atoms with Gasteiger partial charge < -0.3 is 0 Å². The molecule has 0 nitrogen and oxygen atoms in total. The Morgan fingerprint density at radius 1 is 0.357 bits per heavy atom. The Balaban J connectivity index is 0.000000146. The van der Waals surface area contributed by atoms with Crippen molar-refractivity contribution in [3.63, 3.8) is 0 Å². The molecule has 2 heterocycles. The number of hydrogen-bond acceptors (Lipinski definition) is 0. The van der Waals surface area contributed by atoms with Gasteiger partial charge in [-0.2, -0.15) is 0 Å². The van der Waals surface area contributed by atoms with Crippen molar-refractivity contribution in [3.05, 3.63) is 204 Å². The van der Waals surface area contributed by atoms with Crippen LogP contribution < -0.4 is 31.1 Å². The molecule has 0 spiro atoms. The van der Waals surface area contributed by atoms with E-state index in [0.717, 1.165) is 12.8 Å². The van der Waals surface area contributed by atoms with Crippen LogP contribution in [0.25, 0.3) is 22.3 Å². The highest BCUT2D eigenvalue weighted by Crippen LogP contribution is 2.51. The lowest BCUT2D eigenvalue weighted by molar-refractivity contribution is 0.739.